The minimum absolute atomic E-state index is 0. The number of rotatable bonds is 15. The number of methoxy groups -OCH3 is 1. The van der Waals surface area contributed by atoms with Gasteiger partial charge < -0.3 is 35.9 Å². The SMILES string of the molecule is CCCCCCCCCCCCn1c(COc2c(OC)ccc3cc4[n+](cc23)CCc2cc3c(cc2-4)OCO3)nc2ccccc21.[Cl-]. The molecule has 4 heterocycles. The van der Waals surface area contributed by atoms with Gasteiger partial charge in [-0.3, -0.25) is 0 Å². The zero-order valence-electron chi connectivity index (χ0n) is 27.7. The van der Waals surface area contributed by atoms with E-state index < -0.39 is 0 Å². The normalized spacial score (nSPS) is 13.0. The highest BCUT2D eigenvalue weighted by molar-refractivity contribution is 5.91. The predicted octanol–water partition coefficient (Wildman–Crippen LogP) is 5.94. The summed E-state index contributed by atoms with van der Waals surface area (Å²) in [5.74, 6) is 4.08. The van der Waals surface area contributed by atoms with Gasteiger partial charge in [0.15, 0.2) is 35.7 Å². The van der Waals surface area contributed by atoms with Crippen molar-refractivity contribution in [1.29, 1.82) is 0 Å². The van der Waals surface area contributed by atoms with Crippen LogP contribution in [0.2, 0.25) is 0 Å². The van der Waals surface area contributed by atoms with Gasteiger partial charge in [-0.2, -0.15) is 4.57 Å². The Morgan fingerprint density at radius 2 is 1.62 bits per heavy atom. The molecule has 47 heavy (non-hydrogen) atoms. The summed E-state index contributed by atoms with van der Waals surface area (Å²) in [5, 5.41) is 2.14. The molecule has 0 spiro atoms. The molecule has 0 radical (unpaired) electrons. The van der Waals surface area contributed by atoms with Crippen LogP contribution in [0, 0.1) is 0 Å². The topological polar surface area (TPSA) is 58.6 Å². The van der Waals surface area contributed by atoms with Gasteiger partial charge in [0.1, 0.15) is 12.4 Å². The Balaban J connectivity index is 0.00000386. The van der Waals surface area contributed by atoms with Crippen molar-refractivity contribution >= 4 is 21.8 Å². The van der Waals surface area contributed by atoms with E-state index in [0.29, 0.717) is 6.61 Å². The van der Waals surface area contributed by atoms with E-state index >= 15 is 0 Å². The van der Waals surface area contributed by atoms with Crippen LogP contribution in [0.1, 0.15) is 82.5 Å². The molecule has 3 aromatic carbocycles. The lowest BCUT2D eigenvalue weighted by molar-refractivity contribution is -0.686. The number of fused-ring (bicyclic) bond motifs is 6. The molecule has 0 unspecified atom stereocenters. The van der Waals surface area contributed by atoms with Crippen molar-refractivity contribution in [3.8, 4) is 34.3 Å². The fourth-order valence-corrected chi connectivity index (χ4v) is 7.09. The minimum atomic E-state index is 0. The van der Waals surface area contributed by atoms with Gasteiger partial charge in [-0.15, -0.1) is 0 Å². The fourth-order valence-electron chi connectivity index (χ4n) is 7.09. The molecule has 0 saturated carbocycles. The van der Waals surface area contributed by atoms with E-state index in [4.69, 9.17) is 23.9 Å². The van der Waals surface area contributed by atoms with Gasteiger partial charge in [-0.05, 0) is 53.8 Å². The van der Waals surface area contributed by atoms with Crippen LogP contribution < -0.4 is 35.9 Å². The monoisotopic (exact) mass is 655 g/mol. The molecule has 0 atom stereocenters. The summed E-state index contributed by atoms with van der Waals surface area (Å²) in [4.78, 5) is 5.02. The Hall–Kier alpha value is -3.97. The van der Waals surface area contributed by atoms with Crippen LogP contribution >= 0.6 is 0 Å². The lowest BCUT2D eigenvalue weighted by Crippen LogP contribution is -3.00. The molecule has 0 N–H and O–H groups in total. The van der Waals surface area contributed by atoms with Gasteiger partial charge in [-0.25, -0.2) is 4.98 Å². The highest BCUT2D eigenvalue weighted by atomic mass is 35.5. The third-order valence-corrected chi connectivity index (χ3v) is 9.61. The van der Waals surface area contributed by atoms with Crippen LogP contribution in [0.3, 0.4) is 0 Å². The Morgan fingerprint density at radius 1 is 0.872 bits per heavy atom. The third-order valence-electron chi connectivity index (χ3n) is 9.61. The Morgan fingerprint density at radius 3 is 2.40 bits per heavy atom. The van der Waals surface area contributed by atoms with Gasteiger partial charge in [0.05, 0.1) is 29.1 Å². The summed E-state index contributed by atoms with van der Waals surface area (Å²) in [5.41, 5.74) is 5.83. The number of para-hydroxylation sites is 2. The number of aryl methyl sites for hydroxylation is 3. The summed E-state index contributed by atoms with van der Waals surface area (Å²) in [7, 11) is 1.71. The summed E-state index contributed by atoms with van der Waals surface area (Å²) >= 11 is 0. The first-order valence-electron chi connectivity index (χ1n) is 17.3. The molecule has 0 bridgehead atoms. The van der Waals surface area contributed by atoms with Crippen LogP contribution in [0.15, 0.2) is 60.8 Å². The quantitative estimate of drug-likeness (QED) is 0.103. The molecule has 5 aromatic rings. The van der Waals surface area contributed by atoms with Crippen LogP contribution in [0.25, 0.3) is 33.1 Å². The average Bonchev–Trinajstić information content (AvgIpc) is 3.70. The molecule has 2 aliphatic rings. The van der Waals surface area contributed by atoms with Crippen molar-refractivity contribution in [3.63, 3.8) is 0 Å². The molecule has 2 aliphatic heterocycles. The molecule has 0 aliphatic carbocycles. The van der Waals surface area contributed by atoms with Gasteiger partial charge in [0.2, 0.25) is 12.5 Å². The van der Waals surface area contributed by atoms with E-state index in [2.05, 4.69) is 70.8 Å². The molecule has 0 fully saturated rings. The van der Waals surface area contributed by atoms with E-state index in [1.165, 1.54) is 80.1 Å². The largest absolute Gasteiger partial charge is 1.00 e. The second-order valence-corrected chi connectivity index (χ2v) is 12.7. The van der Waals surface area contributed by atoms with E-state index in [-0.39, 0.29) is 19.2 Å². The fraction of sp³-hybridized carbons (Fsp3) is 0.436. The zero-order valence-corrected chi connectivity index (χ0v) is 28.5. The summed E-state index contributed by atoms with van der Waals surface area (Å²) in [6.45, 7) is 4.76. The smallest absolute Gasteiger partial charge is 0.231 e. The van der Waals surface area contributed by atoms with Crippen molar-refractivity contribution < 1.29 is 35.9 Å². The summed E-state index contributed by atoms with van der Waals surface area (Å²) in [6, 6.07) is 19.1. The van der Waals surface area contributed by atoms with Crippen molar-refractivity contribution in [2.75, 3.05) is 13.9 Å². The minimum Gasteiger partial charge on any atom is -1.00 e. The van der Waals surface area contributed by atoms with Crippen LogP contribution in [-0.2, 0) is 26.1 Å². The second kappa shape index (κ2) is 15.3. The third kappa shape index (κ3) is 7.01. The summed E-state index contributed by atoms with van der Waals surface area (Å²) < 4.78 is 28.5. The number of hydrogen-bond donors (Lipinski definition) is 0. The standard InChI is InChI=1S/C39H46N3O4.ClH/c1-3-4-5-6-7-8-9-10-11-14-20-42-33-16-13-12-15-32(33)40-38(42)26-44-39-31-25-41-21-19-29-23-36-37(46-27-45-36)24-30(29)34(41)22-28(31)17-18-35(39)43-2;/h12-13,15-18,22-25H,3-11,14,19-21,26-27H2,1-2H3;1H/q+1;/p-1. The van der Waals surface area contributed by atoms with Crippen molar-refractivity contribution in [2.45, 2.75) is 97.2 Å². The highest BCUT2D eigenvalue weighted by Gasteiger charge is 2.29. The van der Waals surface area contributed by atoms with Gasteiger partial charge in [0, 0.05) is 19.0 Å². The molecule has 2 aromatic heterocycles. The van der Waals surface area contributed by atoms with Gasteiger partial charge in [-0.1, -0.05) is 76.8 Å². The number of ether oxygens (including phenoxy) is 4. The van der Waals surface area contributed by atoms with Crippen LogP contribution in [0.4, 0.5) is 0 Å². The number of aromatic nitrogens is 3. The van der Waals surface area contributed by atoms with E-state index in [1.54, 1.807) is 7.11 Å². The van der Waals surface area contributed by atoms with Crippen LogP contribution in [0.5, 0.6) is 23.0 Å². The molecular weight excluding hydrogens is 610 g/mol. The number of halogens is 1. The van der Waals surface area contributed by atoms with Crippen molar-refractivity contribution in [1.82, 2.24) is 9.55 Å². The maximum Gasteiger partial charge on any atom is 0.231 e. The lowest BCUT2D eigenvalue weighted by Gasteiger charge is -2.18. The highest BCUT2D eigenvalue weighted by Crippen LogP contribution is 2.42. The summed E-state index contributed by atoms with van der Waals surface area (Å²) in [6.07, 6.45) is 16.4. The van der Waals surface area contributed by atoms with E-state index in [1.807, 2.05) is 6.07 Å². The molecular formula is C39H46ClN3O4. The van der Waals surface area contributed by atoms with Gasteiger partial charge >= 0.3 is 0 Å². The lowest BCUT2D eigenvalue weighted by atomic mass is 9.95. The first kappa shape index (κ1) is 33.0. The zero-order chi connectivity index (χ0) is 31.3. The molecule has 7 nitrogen and oxygen atoms in total. The first-order chi connectivity index (χ1) is 22.7. The molecule has 0 saturated heterocycles. The number of imidazole rings is 1. The van der Waals surface area contributed by atoms with Crippen LogP contribution in [-0.4, -0.2) is 23.5 Å². The molecule has 248 valence electrons. The van der Waals surface area contributed by atoms with Crippen molar-refractivity contribution in [2.24, 2.45) is 0 Å². The number of benzene rings is 3. The number of unbranched alkanes of at least 4 members (excludes halogenated alkanes) is 9. The Bertz CT molecular complexity index is 1840. The molecule has 0 amide bonds. The van der Waals surface area contributed by atoms with Crippen molar-refractivity contribution in [3.05, 3.63) is 72.2 Å². The number of hydrogen-bond acceptors (Lipinski definition) is 5. The predicted molar refractivity (Wildman–Crippen MR) is 182 cm³/mol. The Labute approximate surface area is 284 Å². The van der Waals surface area contributed by atoms with E-state index in [9.17, 15) is 0 Å². The second-order valence-electron chi connectivity index (χ2n) is 12.7. The average molecular weight is 656 g/mol. The molecule has 8 heteroatoms. The molecule has 7 rings (SSSR count). The Kier molecular flexibility index (Phi) is 10.7. The first-order valence-corrected chi connectivity index (χ1v) is 17.3. The number of pyridine rings is 1. The maximum absolute atomic E-state index is 6.66. The van der Waals surface area contributed by atoms with Gasteiger partial charge in [0.25, 0.3) is 0 Å². The number of nitrogens with zero attached hydrogens (tertiary/aromatic N) is 3. The van der Waals surface area contributed by atoms with E-state index in [0.717, 1.165) is 71.0 Å². The maximum atomic E-state index is 6.66.